The molecular weight excluding hydrogens is 242 g/mol. The van der Waals surface area contributed by atoms with Crippen LogP contribution in [0.4, 0.5) is 11.6 Å². The topological polar surface area (TPSA) is 54.7 Å². The van der Waals surface area contributed by atoms with E-state index >= 15 is 0 Å². The number of fused-ring (bicyclic) bond motifs is 1. The molecule has 1 N–H and O–H groups in total. The standard InChI is InChI=1S/C13H21N5O/c1-4-5-14-11-10-18-7-6-15-12(18)13(16-11)17(2)8-9-19-3/h6-7,10,14H,4-5,8-9H2,1-3H3. The van der Waals surface area contributed by atoms with Gasteiger partial charge in [-0.2, -0.15) is 0 Å². The number of anilines is 2. The van der Waals surface area contributed by atoms with E-state index < -0.39 is 0 Å². The fourth-order valence-electron chi connectivity index (χ4n) is 1.84. The second kappa shape index (κ2) is 6.38. The maximum atomic E-state index is 5.11. The van der Waals surface area contributed by atoms with Crippen molar-refractivity contribution >= 4 is 17.3 Å². The molecule has 2 aromatic rings. The third-order valence-electron chi connectivity index (χ3n) is 2.90. The normalized spacial score (nSPS) is 10.9. The van der Waals surface area contributed by atoms with E-state index in [0.717, 1.165) is 36.8 Å². The van der Waals surface area contributed by atoms with Crippen LogP contribution in [0, 0.1) is 0 Å². The number of imidazole rings is 1. The first-order valence-electron chi connectivity index (χ1n) is 6.54. The Morgan fingerprint density at radius 2 is 2.32 bits per heavy atom. The number of nitrogens with zero attached hydrogens (tertiary/aromatic N) is 4. The molecule has 0 unspecified atom stereocenters. The molecule has 2 aromatic heterocycles. The third kappa shape index (κ3) is 3.14. The maximum absolute atomic E-state index is 5.11. The van der Waals surface area contributed by atoms with Crippen molar-refractivity contribution in [3.05, 3.63) is 18.6 Å². The molecule has 19 heavy (non-hydrogen) atoms. The lowest BCUT2D eigenvalue weighted by Gasteiger charge is -2.19. The number of nitrogens with one attached hydrogen (secondary N) is 1. The van der Waals surface area contributed by atoms with Gasteiger partial charge in [-0.25, -0.2) is 9.97 Å². The Morgan fingerprint density at radius 1 is 1.47 bits per heavy atom. The van der Waals surface area contributed by atoms with Gasteiger partial charge in [0.2, 0.25) is 0 Å². The van der Waals surface area contributed by atoms with Gasteiger partial charge in [-0.15, -0.1) is 0 Å². The predicted molar refractivity (Wildman–Crippen MR) is 76.9 cm³/mol. The quantitative estimate of drug-likeness (QED) is 0.823. The highest BCUT2D eigenvalue weighted by molar-refractivity contribution is 5.66. The van der Waals surface area contributed by atoms with Gasteiger partial charge in [0.1, 0.15) is 5.82 Å². The molecule has 0 spiro atoms. The Morgan fingerprint density at radius 3 is 3.05 bits per heavy atom. The van der Waals surface area contributed by atoms with Crippen molar-refractivity contribution in [3.8, 4) is 0 Å². The molecule has 0 saturated heterocycles. The van der Waals surface area contributed by atoms with Crippen LogP contribution in [0.5, 0.6) is 0 Å². The van der Waals surface area contributed by atoms with E-state index in [1.807, 2.05) is 23.8 Å². The first kappa shape index (κ1) is 13.6. The van der Waals surface area contributed by atoms with Crippen LogP contribution in [0.3, 0.4) is 0 Å². The smallest absolute Gasteiger partial charge is 0.180 e. The average molecular weight is 263 g/mol. The molecule has 0 bridgehead atoms. The van der Waals surface area contributed by atoms with Crippen molar-refractivity contribution in [2.24, 2.45) is 0 Å². The SMILES string of the molecule is CCCNc1cn2ccnc2c(N(C)CCOC)n1. The van der Waals surface area contributed by atoms with Crippen molar-refractivity contribution in [2.45, 2.75) is 13.3 Å². The van der Waals surface area contributed by atoms with Crippen molar-refractivity contribution in [3.63, 3.8) is 0 Å². The maximum Gasteiger partial charge on any atom is 0.180 e. The zero-order valence-corrected chi connectivity index (χ0v) is 11.8. The van der Waals surface area contributed by atoms with E-state index in [4.69, 9.17) is 4.74 Å². The molecule has 0 atom stereocenters. The molecule has 0 aliphatic heterocycles. The molecule has 2 rings (SSSR count). The Balaban J connectivity index is 2.30. The van der Waals surface area contributed by atoms with Gasteiger partial charge in [0.25, 0.3) is 0 Å². The van der Waals surface area contributed by atoms with E-state index in [0.29, 0.717) is 6.61 Å². The van der Waals surface area contributed by atoms with Gasteiger partial charge in [0.05, 0.1) is 12.8 Å². The second-order valence-corrected chi connectivity index (χ2v) is 4.45. The van der Waals surface area contributed by atoms with Crippen molar-refractivity contribution < 1.29 is 4.74 Å². The fraction of sp³-hybridized carbons (Fsp3) is 0.538. The molecule has 0 aliphatic carbocycles. The van der Waals surface area contributed by atoms with E-state index in [-0.39, 0.29) is 0 Å². The van der Waals surface area contributed by atoms with E-state index in [1.54, 1.807) is 13.3 Å². The summed E-state index contributed by atoms with van der Waals surface area (Å²) in [5.74, 6) is 1.73. The molecule has 0 aromatic carbocycles. The van der Waals surface area contributed by atoms with Gasteiger partial charge < -0.3 is 19.4 Å². The Kier molecular flexibility index (Phi) is 4.57. The summed E-state index contributed by atoms with van der Waals surface area (Å²) < 4.78 is 7.10. The van der Waals surface area contributed by atoms with Gasteiger partial charge in [0.15, 0.2) is 11.5 Å². The minimum absolute atomic E-state index is 0.664. The second-order valence-electron chi connectivity index (χ2n) is 4.45. The van der Waals surface area contributed by atoms with Gasteiger partial charge in [-0.3, -0.25) is 0 Å². The Labute approximate surface area is 113 Å². The average Bonchev–Trinajstić information content (AvgIpc) is 2.89. The summed E-state index contributed by atoms with van der Waals surface area (Å²) >= 11 is 0. The summed E-state index contributed by atoms with van der Waals surface area (Å²) in [6.07, 6.45) is 6.75. The van der Waals surface area contributed by atoms with Crippen LogP contribution in [0.25, 0.3) is 5.65 Å². The highest BCUT2D eigenvalue weighted by atomic mass is 16.5. The van der Waals surface area contributed by atoms with Crippen LogP contribution in [0.2, 0.25) is 0 Å². The van der Waals surface area contributed by atoms with Crippen LogP contribution >= 0.6 is 0 Å². The number of rotatable bonds is 7. The molecular formula is C13H21N5O. The summed E-state index contributed by atoms with van der Waals surface area (Å²) in [5, 5.41) is 3.31. The summed E-state index contributed by atoms with van der Waals surface area (Å²) in [6.45, 7) is 4.49. The minimum atomic E-state index is 0.664. The van der Waals surface area contributed by atoms with Crippen molar-refractivity contribution in [1.82, 2.24) is 14.4 Å². The Bertz CT molecular complexity index is 525. The number of methoxy groups -OCH3 is 1. The largest absolute Gasteiger partial charge is 0.383 e. The van der Waals surface area contributed by atoms with Gasteiger partial charge >= 0.3 is 0 Å². The van der Waals surface area contributed by atoms with Gasteiger partial charge in [0, 0.05) is 39.6 Å². The monoisotopic (exact) mass is 263 g/mol. The van der Waals surface area contributed by atoms with Crippen LogP contribution in [0.1, 0.15) is 13.3 Å². The lowest BCUT2D eigenvalue weighted by Crippen LogP contribution is -2.24. The first-order chi connectivity index (χ1) is 9.26. The summed E-state index contributed by atoms with van der Waals surface area (Å²) in [7, 11) is 3.70. The van der Waals surface area contributed by atoms with E-state index in [1.165, 1.54) is 0 Å². The molecule has 0 fully saturated rings. The number of hydrogen-bond acceptors (Lipinski definition) is 5. The highest BCUT2D eigenvalue weighted by Gasteiger charge is 2.11. The minimum Gasteiger partial charge on any atom is -0.383 e. The molecule has 6 heteroatoms. The zero-order chi connectivity index (χ0) is 13.7. The summed E-state index contributed by atoms with van der Waals surface area (Å²) in [4.78, 5) is 11.1. The first-order valence-corrected chi connectivity index (χ1v) is 6.54. The van der Waals surface area contributed by atoms with Gasteiger partial charge in [-0.05, 0) is 6.42 Å². The summed E-state index contributed by atoms with van der Waals surface area (Å²) in [6, 6.07) is 0. The third-order valence-corrected chi connectivity index (χ3v) is 2.90. The molecule has 0 amide bonds. The predicted octanol–water partition coefficient (Wildman–Crippen LogP) is 1.63. The number of ether oxygens (including phenoxy) is 1. The number of aromatic nitrogens is 3. The molecule has 6 nitrogen and oxygen atoms in total. The fourth-order valence-corrected chi connectivity index (χ4v) is 1.84. The van der Waals surface area contributed by atoms with Crippen molar-refractivity contribution in [2.75, 3.05) is 44.1 Å². The molecule has 0 radical (unpaired) electrons. The molecule has 2 heterocycles. The lowest BCUT2D eigenvalue weighted by atomic mass is 10.4. The van der Waals surface area contributed by atoms with E-state index in [2.05, 4.69) is 27.1 Å². The van der Waals surface area contributed by atoms with Gasteiger partial charge in [-0.1, -0.05) is 6.92 Å². The number of hydrogen-bond donors (Lipinski definition) is 1. The van der Waals surface area contributed by atoms with Crippen molar-refractivity contribution in [1.29, 1.82) is 0 Å². The van der Waals surface area contributed by atoms with E-state index in [9.17, 15) is 0 Å². The van der Waals surface area contributed by atoms with Crippen LogP contribution in [0.15, 0.2) is 18.6 Å². The molecule has 0 saturated carbocycles. The Hall–Kier alpha value is -1.82. The van der Waals surface area contributed by atoms with Crippen LogP contribution in [-0.2, 0) is 4.74 Å². The van der Waals surface area contributed by atoms with Crippen LogP contribution in [-0.4, -0.2) is 48.2 Å². The molecule has 0 aliphatic rings. The summed E-state index contributed by atoms with van der Waals surface area (Å²) in [5.41, 5.74) is 0.862. The lowest BCUT2D eigenvalue weighted by molar-refractivity contribution is 0.206. The molecule has 104 valence electrons. The van der Waals surface area contributed by atoms with Crippen LogP contribution < -0.4 is 10.2 Å². The zero-order valence-electron chi connectivity index (χ0n) is 11.8. The number of likely N-dealkylation sites (N-methyl/N-ethyl adjacent to an activating group) is 1. The highest BCUT2D eigenvalue weighted by Crippen LogP contribution is 2.19.